The molecule has 1 saturated carbocycles. The number of aliphatic imine (C=N–C) groups is 1. The number of hydrogen-bond donors (Lipinski definition) is 2. The normalized spacial score (nSPS) is 15.6. The summed E-state index contributed by atoms with van der Waals surface area (Å²) in [7, 11) is 3.56. The summed E-state index contributed by atoms with van der Waals surface area (Å²) >= 11 is 0. The number of halogens is 1. The minimum atomic E-state index is 0. The van der Waals surface area contributed by atoms with Gasteiger partial charge in [-0.15, -0.1) is 24.0 Å². The van der Waals surface area contributed by atoms with Crippen LogP contribution in [0.1, 0.15) is 38.2 Å². The Kier molecular flexibility index (Phi) is 9.24. The number of guanidine groups is 1. The highest BCUT2D eigenvalue weighted by Crippen LogP contribution is 2.43. The third kappa shape index (κ3) is 6.17. The number of carbonyl (C=O) groups excluding carboxylic acids is 1. The maximum absolute atomic E-state index is 11.7. The molecule has 0 heterocycles. The van der Waals surface area contributed by atoms with Gasteiger partial charge in [0.05, 0.1) is 6.54 Å². The fraction of sp³-hybridized carbons (Fsp3) is 0.579. The first-order valence-electron chi connectivity index (χ1n) is 8.85. The summed E-state index contributed by atoms with van der Waals surface area (Å²) in [6.07, 6.45) is 4.13. The zero-order valence-corrected chi connectivity index (χ0v) is 17.9. The van der Waals surface area contributed by atoms with Gasteiger partial charge in [-0.2, -0.15) is 0 Å². The van der Waals surface area contributed by atoms with Crippen molar-refractivity contribution in [1.29, 1.82) is 0 Å². The first kappa shape index (κ1) is 21.7. The summed E-state index contributed by atoms with van der Waals surface area (Å²) in [6.45, 7) is 4.25. The molecule has 6 heteroatoms. The summed E-state index contributed by atoms with van der Waals surface area (Å²) in [5.74, 6) is 0.921. The van der Waals surface area contributed by atoms with Gasteiger partial charge < -0.3 is 15.5 Å². The molecule has 1 aliphatic rings. The molecule has 0 unspecified atom stereocenters. The van der Waals surface area contributed by atoms with E-state index in [-0.39, 0.29) is 35.3 Å². The van der Waals surface area contributed by atoms with Crippen molar-refractivity contribution < 1.29 is 4.79 Å². The van der Waals surface area contributed by atoms with Crippen molar-refractivity contribution in [3.8, 4) is 0 Å². The average molecular weight is 458 g/mol. The molecule has 1 aromatic carbocycles. The zero-order chi connectivity index (χ0) is 17.4. The van der Waals surface area contributed by atoms with Gasteiger partial charge in [0.1, 0.15) is 0 Å². The van der Waals surface area contributed by atoms with Crippen LogP contribution in [0.25, 0.3) is 0 Å². The second kappa shape index (κ2) is 10.6. The third-order valence-electron chi connectivity index (χ3n) is 4.71. The molecule has 25 heavy (non-hydrogen) atoms. The molecule has 0 aliphatic heterocycles. The summed E-state index contributed by atoms with van der Waals surface area (Å²) in [5.41, 5.74) is 1.57. The van der Waals surface area contributed by atoms with Gasteiger partial charge in [-0.1, -0.05) is 36.8 Å². The number of benzene rings is 1. The predicted molar refractivity (Wildman–Crippen MR) is 115 cm³/mol. The van der Waals surface area contributed by atoms with Crippen molar-refractivity contribution in [2.45, 2.75) is 38.0 Å². The van der Waals surface area contributed by atoms with Crippen LogP contribution in [0.2, 0.25) is 0 Å². The van der Waals surface area contributed by atoms with E-state index in [1.54, 1.807) is 19.0 Å². The van der Waals surface area contributed by atoms with E-state index in [9.17, 15) is 4.79 Å². The highest BCUT2D eigenvalue weighted by Gasteiger charge is 2.38. The molecule has 0 saturated heterocycles. The summed E-state index contributed by atoms with van der Waals surface area (Å²) in [5, 5.41) is 6.54. The van der Waals surface area contributed by atoms with Crippen molar-refractivity contribution in [3.05, 3.63) is 35.9 Å². The van der Waals surface area contributed by atoms with Gasteiger partial charge in [-0.05, 0) is 25.3 Å². The van der Waals surface area contributed by atoms with Gasteiger partial charge in [0.15, 0.2) is 5.96 Å². The van der Waals surface area contributed by atoms with E-state index < -0.39 is 0 Å². The molecule has 0 atom stereocenters. The monoisotopic (exact) mass is 458 g/mol. The Morgan fingerprint density at radius 2 is 1.88 bits per heavy atom. The first-order chi connectivity index (χ1) is 11.6. The lowest BCUT2D eigenvalue weighted by Gasteiger charge is -2.41. The van der Waals surface area contributed by atoms with Crippen LogP contribution >= 0.6 is 24.0 Å². The van der Waals surface area contributed by atoms with Crippen molar-refractivity contribution >= 4 is 35.8 Å². The fourth-order valence-electron chi connectivity index (χ4n) is 3.02. The maximum Gasteiger partial charge on any atom is 0.223 e. The van der Waals surface area contributed by atoms with Crippen molar-refractivity contribution in [2.75, 3.05) is 33.7 Å². The molecule has 2 N–H and O–H groups in total. The molecule has 1 aliphatic carbocycles. The SMILES string of the molecule is CCNC(=NCC1(c2ccccc2)CCC1)NCCC(=O)N(C)C.I. The number of nitrogens with one attached hydrogen (secondary N) is 2. The molecule has 0 radical (unpaired) electrons. The Hall–Kier alpha value is -1.31. The van der Waals surface area contributed by atoms with Crippen molar-refractivity contribution in [3.63, 3.8) is 0 Å². The van der Waals surface area contributed by atoms with Crippen LogP contribution in [0.15, 0.2) is 35.3 Å². The predicted octanol–water partition coefficient (Wildman–Crippen LogP) is 2.76. The minimum Gasteiger partial charge on any atom is -0.357 e. The third-order valence-corrected chi connectivity index (χ3v) is 4.71. The Bertz CT molecular complexity index is 556. The lowest BCUT2D eigenvalue weighted by molar-refractivity contribution is -0.128. The number of nitrogens with zero attached hydrogens (tertiary/aromatic N) is 2. The van der Waals surface area contributed by atoms with E-state index in [2.05, 4.69) is 47.9 Å². The summed E-state index contributed by atoms with van der Waals surface area (Å²) < 4.78 is 0. The fourth-order valence-corrected chi connectivity index (χ4v) is 3.02. The van der Waals surface area contributed by atoms with Crippen LogP contribution < -0.4 is 10.6 Å². The minimum absolute atomic E-state index is 0. The lowest BCUT2D eigenvalue weighted by atomic mass is 9.64. The smallest absolute Gasteiger partial charge is 0.223 e. The Labute approximate surface area is 168 Å². The molecule has 5 nitrogen and oxygen atoms in total. The molecule has 0 bridgehead atoms. The van der Waals surface area contributed by atoms with Gasteiger partial charge >= 0.3 is 0 Å². The molecule has 140 valence electrons. The van der Waals surface area contributed by atoms with Crippen molar-refractivity contribution in [1.82, 2.24) is 15.5 Å². The maximum atomic E-state index is 11.7. The van der Waals surface area contributed by atoms with Gasteiger partial charge in [-0.25, -0.2) is 0 Å². The van der Waals surface area contributed by atoms with Gasteiger partial charge in [-0.3, -0.25) is 9.79 Å². The Balaban J connectivity index is 0.00000312. The molecule has 2 rings (SSSR count). The van der Waals surface area contributed by atoms with Crippen LogP contribution in [0.5, 0.6) is 0 Å². The summed E-state index contributed by atoms with van der Waals surface area (Å²) in [4.78, 5) is 18.1. The Morgan fingerprint density at radius 3 is 2.40 bits per heavy atom. The highest BCUT2D eigenvalue weighted by atomic mass is 127. The van der Waals surface area contributed by atoms with Crippen molar-refractivity contribution in [2.24, 2.45) is 4.99 Å². The number of carbonyl (C=O) groups is 1. The summed E-state index contributed by atoms with van der Waals surface area (Å²) in [6, 6.07) is 10.7. The molecule has 1 fully saturated rings. The average Bonchev–Trinajstić information content (AvgIpc) is 2.54. The number of rotatable bonds is 7. The van der Waals surface area contributed by atoms with Crippen LogP contribution in [0, 0.1) is 0 Å². The lowest BCUT2D eigenvalue weighted by Crippen LogP contribution is -2.42. The van der Waals surface area contributed by atoms with E-state index in [4.69, 9.17) is 4.99 Å². The molecule has 1 aromatic rings. The topological polar surface area (TPSA) is 56.7 Å². The molecule has 1 amide bonds. The number of amides is 1. The number of hydrogen-bond acceptors (Lipinski definition) is 2. The van der Waals surface area contributed by atoms with E-state index in [1.807, 2.05) is 0 Å². The van der Waals surface area contributed by atoms with Gasteiger partial charge in [0.2, 0.25) is 5.91 Å². The van der Waals surface area contributed by atoms with E-state index in [1.165, 1.54) is 24.8 Å². The van der Waals surface area contributed by atoms with Crippen LogP contribution in [-0.2, 0) is 10.2 Å². The molecular formula is C19H31IN4O. The van der Waals surface area contributed by atoms with E-state index in [0.29, 0.717) is 13.0 Å². The van der Waals surface area contributed by atoms with E-state index >= 15 is 0 Å². The standard InChI is InChI=1S/C19H30N4O.HI/c1-4-20-18(21-14-11-17(24)23(2)3)22-15-19(12-8-13-19)16-9-6-5-7-10-16;/h5-7,9-10H,4,8,11-15H2,1-3H3,(H2,20,21,22);1H. The second-order valence-corrected chi connectivity index (χ2v) is 6.66. The quantitative estimate of drug-likeness (QED) is 0.376. The zero-order valence-electron chi connectivity index (χ0n) is 15.5. The van der Waals surface area contributed by atoms with E-state index in [0.717, 1.165) is 19.0 Å². The molecule has 0 aromatic heterocycles. The van der Waals surface area contributed by atoms with Gasteiger partial charge in [0.25, 0.3) is 0 Å². The van der Waals surface area contributed by atoms with Crippen LogP contribution in [0.3, 0.4) is 0 Å². The Morgan fingerprint density at radius 1 is 1.20 bits per heavy atom. The molecule has 0 spiro atoms. The highest BCUT2D eigenvalue weighted by molar-refractivity contribution is 14.0. The molecular weight excluding hydrogens is 427 g/mol. The second-order valence-electron chi connectivity index (χ2n) is 6.66. The van der Waals surface area contributed by atoms with Crippen LogP contribution in [-0.4, -0.2) is 50.5 Å². The van der Waals surface area contributed by atoms with Crippen LogP contribution in [0.4, 0.5) is 0 Å². The largest absolute Gasteiger partial charge is 0.357 e. The first-order valence-corrected chi connectivity index (χ1v) is 8.85. The van der Waals surface area contributed by atoms with Gasteiger partial charge in [0, 0.05) is 39.0 Å².